The molecule has 1 saturated heterocycles. The van der Waals surface area contributed by atoms with Crippen molar-refractivity contribution in [3.05, 3.63) is 22.3 Å². The number of hydrogen-bond acceptors (Lipinski definition) is 4. The van der Waals surface area contributed by atoms with Crippen LogP contribution in [0.1, 0.15) is 23.7 Å². The number of amides is 1. The molecule has 2 rings (SSSR count). The lowest BCUT2D eigenvalue weighted by molar-refractivity contribution is 0.0777. The molecule has 0 aromatic carbocycles. The van der Waals surface area contributed by atoms with Gasteiger partial charge in [-0.1, -0.05) is 6.92 Å². The Kier molecular flexibility index (Phi) is 4.34. The molecule has 20 heavy (non-hydrogen) atoms. The smallest absolute Gasteiger partial charge is 0.257 e. The first-order valence-corrected chi connectivity index (χ1v) is 7.48. The molecule has 6 heteroatoms. The maximum absolute atomic E-state index is 12.7. The standard InChI is InChI=1S/C14H21BrN4O/c1-14(8-16)4-5-19(9-14)13(20)11-6-10(15)7-17-12(11)18(2)3/h6-7H,4-5,8-9,16H2,1-3H3. The Morgan fingerprint density at radius 2 is 2.30 bits per heavy atom. The average Bonchev–Trinajstić information content (AvgIpc) is 2.81. The number of carbonyl (C=O) groups is 1. The fraction of sp³-hybridized carbons (Fsp3) is 0.571. The van der Waals surface area contributed by atoms with Crippen LogP contribution in [0, 0.1) is 5.41 Å². The molecule has 2 heterocycles. The Balaban J connectivity index is 2.28. The van der Waals surface area contributed by atoms with Crippen LogP contribution in [0.2, 0.25) is 0 Å². The van der Waals surface area contributed by atoms with E-state index < -0.39 is 0 Å². The van der Waals surface area contributed by atoms with Gasteiger partial charge in [0.1, 0.15) is 5.82 Å². The Labute approximate surface area is 128 Å². The van der Waals surface area contributed by atoms with Crippen molar-refractivity contribution >= 4 is 27.7 Å². The Morgan fingerprint density at radius 1 is 1.60 bits per heavy atom. The van der Waals surface area contributed by atoms with Crippen molar-refractivity contribution in [3.8, 4) is 0 Å². The third-order valence-electron chi connectivity index (χ3n) is 3.83. The molecule has 0 radical (unpaired) electrons. The zero-order chi connectivity index (χ0) is 14.9. The van der Waals surface area contributed by atoms with Crippen molar-refractivity contribution in [2.24, 2.45) is 11.1 Å². The third-order valence-corrected chi connectivity index (χ3v) is 4.26. The van der Waals surface area contributed by atoms with E-state index in [0.717, 1.165) is 17.4 Å². The van der Waals surface area contributed by atoms with Crippen molar-refractivity contribution in [1.29, 1.82) is 0 Å². The van der Waals surface area contributed by atoms with E-state index in [1.807, 2.05) is 30.0 Å². The summed E-state index contributed by atoms with van der Waals surface area (Å²) in [5.74, 6) is 0.722. The molecule has 0 saturated carbocycles. The molecule has 1 amide bonds. The van der Waals surface area contributed by atoms with Crippen LogP contribution in [0.3, 0.4) is 0 Å². The molecule has 110 valence electrons. The predicted octanol–water partition coefficient (Wildman–Crippen LogP) is 1.72. The minimum absolute atomic E-state index is 0.0275. The molecule has 1 fully saturated rings. The molecule has 1 aromatic rings. The first-order chi connectivity index (χ1) is 9.36. The van der Waals surface area contributed by atoms with Gasteiger partial charge in [0.15, 0.2) is 0 Å². The minimum Gasteiger partial charge on any atom is -0.362 e. The summed E-state index contributed by atoms with van der Waals surface area (Å²) in [6.45, 7) is 4.20. The number of halogens is 1. The van der Waals surface area contributed by atoms with Crippen LogP contribution in [0.15, 0.2) is 16.7 Å². The van der Waals surface area contributed by atoms with Crippen LogP contribution in [0.5, 0.6) is 0 Å². The third kappa shape index (κ3) is 2.96. The molecule has 0 bridgehead atoms. The van der Waals surface area contributed by atoms with E-state index in [2.05, 4.69) is 27.8 Å². The van der Waals surface area contributed by atoms with E-state index >= 15 is 0 Å². The summed E-state index contributed by atoms with van der Waals surface area (Å²) in [7, 11) is 3.78. The molecule has 1 aromatic heterocycles. The van der Waals surface area contributed by atoms with Crippen LogP contribution in [-0.4, -0.2) is 49.5 Å². The highest BCUT2D eigenvalue weighted by Gasteiger charge is 2.36. The molecule has 2 N–H and O–H groups in total. The first-order valence-electron chi connectivity index (χ1n) is 6.68. The molecule has 0 aliphatic carbocycles. The zero-order valence-corrected chi connectivity index (χ0v) is 13.8. The van der Waals surface area contributed by atoms with Gasteiger partial charge in [0.2, 0.25) is 0 Å². The van der Waals surface area contributed by atoms with Crippen LogP contribution in [-0.2, 0) is 0 Å². The van der Waals surface area contributed by atoms with Gasteiger partial charge in [0.25, 0.3) is 5.91 Å². The van der Waals surface area contributed by atoms with Crippen molar-refractivity contribution in [1.82, 2.24) is 9.88 Å². The van der Waals surface area contributed by atoms with Gasteiger partial charge < -0.3 is 15.5 Å². The molecular weight excluding hydrogens is 320 g/mol. The largest absolute Gasteiger partial charge is 0.362 e. The molecule has 1 unspecified atom stereocenters. The number of nitrogens with zero attached hydrogens (tertiary/aromatic N) is 3. The van der Waals surface area contributed by atoms with E-state index in [1.165, 1.54) is 0 Å². The van der Waals surface area contributed by atoms with E-state index in [9.17, 15) is 4.79 Å². The maximum atomic E-state index is 12.7. The van der Waals surface area contributed by atoms with E-state index in [1.54, 1.807) is 6.20 Å². The summed E-state index contributed by atoms with van der Waals surface area (Å²) < 4.78 is 0.812. The number of hydrogen-bond donors (Lipinski definition) is 1. The predicted molar refractivity (Wildman–Crippen MR) is 83.9 cm³/mol. The average molecular weight is 341 g/mol. The fourth-order valence-electron chi connectivity index (χ4n) is 2.48. The normalized spacial score (nSPS) is 22.1. The van der Waals surface area contributed by atoms with Crippen molar-refractivity contribution < 1.29 is 4.79 Å². The van der Waals surface area contributed by atoms with Gasteiger partial charge >= 0.3 is 0 Å². The number of likely N-dealkylation sites (tertiary alicyclic amines) is 1. The number of nitrogens with two attached hydrogens (primary N) is 1. The maximum Gasteiger partial charge on any atom is 0.257 e. The Morgan fingerprint density at radius 3 is 2.85 bits per heavy atom. The number of carbonyl (C=O) groups excluding carboxylic acids is 1. The van der Waals surface area contributed by atoms with Crippen LogP contribution < -0.4 is 10.6 Å². The second-order valence-corrected chi connectivity index (χ2v) is 6.83. The Hall–Kier alpha value is -1.14. The zero-order valence-electron chi connectivity index (χ0n) is 12.2. The van der Waals surface area contributed by atoms with Crippen molar-refractivity contribution in [3.63, 3.8) is 0 Å². The number of rotatable bonds is 3. The quantitative estimate of drug-likeness (QED) is 0.909. The van der Waals surface area contributed by atoms with Gasteiger partial charge in [0.05, 0.1) is 5.56 Å². The highest BCUT2D eigenvalue weighted by molar-refractivity contribution is 9.10. The lowest BCUT2D eigenvalue weighted by atomic mass is 9.90. The fourth-order valence-corrected chi connectivity index (χ4v) is 2.81. The molecular formula is C14H21BrN4O. The minimum atomic E-state index is 0.0275. The van der Waals surface area contributed by atoms with Gasteiger partial charge in [-0.25, -0.2) is 4.98 Å². The summed E-state index contributed by atoms with van der Waals surface area (Å²) in [6, 6.07) is 1.84. The van der Waals surface area contributed by atoms with E-state index in [4.69, 9.17) is 5.73 Å². The lowest BCUT2D eigenvalue weighted by Gasteiger charge is -2.24. The number of pyridine rings is 1. The summed E-state index contributed by atoms with van der Waals surface area (Å²) in [5.41, 5.74) is 6.47. The molecule has 1 aliphatic heterocycles. The SMILES string of the molecule is CN(C)c1ncc(Br)cc1C(=O)N1CCC(C)(CN)C1. The molecule has 0 spiro atoms. The van der Waals surface area contributed by atoms with Crippen molar-refractivity contribution in [2.75, 3.05) is 38.6 Å². The van der Waals surface area contributed by atoms with E-state index in [-0.39, 0.29) is 11.3 Å². The van der Waals surface area contributed by atoms with E-state index in [0.29, 0.717) is 24.5 Å². The monoisotopic (exact) mass is 340 g/mol. The lowest BCUT2D eigenvalue weighted by Crippen LogP contribution is -2.35. The number of aromatic nitrogens is 1. The van der Waals surface area contributed by atoms with Gasteiger partial charge in [0, 0.05) is 37.9 Å². The second kappa shape index (κ2) is 5.69. The molecule has 5 nitrogen and oxygen atoms in total. The topological polar surface area (TPSA) is 62.5 Å². The highest BCUT2D eigenvalue weighted by Crippen LogP contribution is 2.31. The first kappa shape index (κ1) is 15.3. The van der Waals surface area contributed by atoms with Gasteiger partial charge in [-0.05, 0) is 40.4 Å². The van der Waals surface area contributed by atoms with Crippen molar-refractivity contribution in [2.45, 2.75) is 13.3 Å². The van der Waals surface area contributed by atoms with Gasteiger partial charge in [-0.15, -0.1) is 0 Å². The summed E-state index contributed by atoms with van der Waals surface area (Å²) >= 11 is 3.39. The van der Waals surface area contributed by atoms with Crippen LogP contribution in [0.4, 0.5) is 5.82 Å². The summed E-state index contributed by atoms with van der Waals surface area (Å²) in [5, 5.41) is 0. The number of anilines is 1. The van der Waals surface area contributed by atoms with Gasteiger partial charge in [-0.2, -0.15) is 0 Å². The summed E-state index contributed by atoms with van der Waals surface area (Å²) in [4.78, 5) is 20.8. The molecule has 1 atom stereocenters. The second-order valence-electron chi connectivity index (χ2n) is 5.91. The van der Waals surface area contributed by atoms with Gasteiger partial charge in [-0.3, -0.25) is 4.79 Å². The Bertz CT molecular complexity index is 520. The molecule has 1 aliphatic rings. The highest BCUT2D eigenvalue weighted by atomic mass is 79.9. The summed E-state index contributed by atoms with van der Waals surface area (Å²) in [6.07, 6.45) is 2.66. The van der Waals surface area contributed by atoms with Crippen LogP contribution >= 0.6 is 15.9 Å². The van der Waals surface area contributed by atoms with Crippen LogP contribution in [0.25, 0.3) is 0 Å².